The molecule has 0 saturated carbocycles. The summed E-state index contributed by atoms with van der Waals surface area (Å²) in [6.45, 7) is 4.65. The topological polar surface area (TPSA) is 65.1 Å². The van der Waals surface area contributed by atoms with E-state index in [2.05, 4.69) is 6.92 Å². The molecule has 6 nitrogen and oxygen atoms in total. The lowest BCUT2D eigenvalue weighted by Crippen LogP contribution is -2.41. The Morgan fingerprint density at radius 3 is 2.85 bits per heavy atom. The van der Waals surface area contributed by atoms with Crippen LogP contribution in [0.25, 0.3) is 6.08 Å². The van der Waals surface area contributed by atoms with Gasteiger partial charge in [-0.1, -0.05) is 13.0 Å². The maximum absolute atomic E-state index is 12.1. The van der Waals surface area contributed by atoms with Gasteiger partial charge in [0, 0.05) is 25.6 Å². The number of benzene rings is 1. The highest BCUT2D eigenvalue weighted by Gasteiger charge is 2.21. The SMILES string of the molecule is C[C@@H]1CCCN(C(=O)COC(=O)/C=C/c2ccc3c(c2)OCCCO3)C1. The predicted molar refractivity (Wildman–Crippen MR) is 97.0 cm³/mol. The lowest BCUT2D eigenvalue weighted by Gasteiger charge is -2.30. The third-order valence-electron chi connectivity index (χ3n) is 4.53. The van der Waals surface area contributed by atoms with Crippen molar-refractivity contribution in [2.45, 2.75) is 26.2 Å². The molecule has 2 aliphatic rings. The Balaban J connectivity index is 1.50. The van der Waals surface area contributed by atoms with Gasteiger partial charge in [0.15, 0.2) is 18.1 Å². The Kier molecular flexibility index (Phi) is 6.15. The Morgan fingerprint density at radius 1 is 1.23 bits per heavy atom. The average molecular weight is 359 g/mol. The standard InChI is InChI=1S/C20H25NO5/c1-15-4-2-9-21(13-15)19(22)14-26-20(23)8-6-16-5-7-17-18(12-16)25-11-3-10-24-17/h5-8,12,15H,2-4,9-11,13-14H2,1H3/b8-6+/t15-/m1/s1. The zero-order valence-electron chi connectivity index (χ0n) is 15.1. The lowest BCUT2D eigenvalue weighted by molar-refractivity contribution is -0.149. The molecule has 2 aliphatic heterocycles. The monoisotopic (exact) mass is 359 g/mol. The van der Waals surface area contributed by atoms with Crippen molar-refractivity contribution in [3.63, 3.8) is 0 Å². The first kappa shape index (κ1) is 18.3. The van der Waals surface area contributed by atoms with E-state index < -0.39 is 5.97 Å². The van der Waals surface area contributed by atoms with Crippen LogP contribution in [0.5, 0.6) is 11.5 Å². The zero-order chi connectivity index (χ0) is 18.4. The van der Waals surface area contributed by atoms with Crippen molar-refractivity contribution in [2.24, 2.45) is 5.92 Å². The normalized spacial score (nSPS) is 19.9. The number of fused-ring (bicyclic) bond motifs is 1. The molecule has 140 valence electrons. The minimum absolute atomic E-state index is 0.131. The van der Waals surface area contributed by atoms with Crippen LogP contribution in [0.15, 0.2) is 24.3 Å². The highest BCUT2D eigenvalue weighted by atomic mass is 16.5. The molecular formula is C20H25NO5. The summed E-state index contributed by atoms with van der Waals surface area (Å²) in [6.07, 6.45) is 5.96. The largest absolute Gasteiger partial charge is 0.490 e. The molecule has 1 amide bonds. The Bertz CT molecular complexity index is 685. The van der Waals surface area contributed by atoms with Crippen LogP contribution >= 0.6 is 0 Å². The maximum Gasteiger partial charge on any atom is 0.331 e. The molecule has 0 unspecified atom stereocenters. The van der Waals surface area contributed by atoms with Crippen LogP contribution in [0.3, 0.4) is 0 Å². The second-order valence-electron chi connectivity index (χ2n) is 6.78. The lowest BCUT2D eigenvalue weighted by atomic mass is 10.0. The van der Waals surface area contributed by atoms with Crippen molar-refractivity contribution in [3.8, 4) is 11.5 Å². The van der Waals surface area contributed by atoms with Crippen LogP contribution < -0.4 is 9.47 Å². The van der Waals surface area contributed by atoms with Gasteiger partial charge in [0.05, 0.1) is 13.2 Å². The van der Waals surface area contributed by atoms with Gasteiger partial charge in [-0.3, -0.25) is 4.79 Å². The molecule has 6 heteroatoms. The molecule has 0 spiro atoms. The molecule has 1 saturated heterocycles. The molecule has 3 rings (SSSR count). The van der Waals surface area contributed by atoms with Crippen LogP contribution in [0.1, 0.15) is 31.7 Å². The van der Waals surface area contributed by atoms with E-state index in [0.29, 0.717) is 30.6 Å². The highest BCUT2D eigenvalue weighted by molar-refractivity contribution is 5.89. The number of likely N-dealkylation sites (tertiary alicyclic amines) is 1. The number of ether oxygens (including phenoxy) is 3. The quantitative estimate of drug-likeness (QED) is 0.611. The van der Waals surface area contributed by atoms with Gasteiger partial charge in [0.25, 0.3) is 5.91 Å². The maximum atomic E-state index is 12.1. The summed E-state index contributed by atoms with van der Waals surface area (Å²) < 4.78 is 16.3. The number of rotatable bonds is 4. The summed E-state index contributed by atoms with van der Waals surface area (Å²) >= 11 is 0. The van der Waals surface area contributed by atoms with E-state index >= 15 is 0 Å². The molecule has 2 heterocycles. The second-order valence-corrected chi connectivity index (χ2v) is 6.78. The van der Waals surface area contributed by atoms with Crippen molar-refractivity contribution in [3.05, 3.63) is 29.8 Å². The molecule has 1 atom stereocenters. The number of amides is 1. The van der Waals surface area contributed by atoms with E-state index in [4.69, 9.17) is 14.2 Å². The Hall–Kier alpha value is -2.50. The Morgan fingerprint density at radius 2 is 2.04 bits per heavy atom. The van der Waals surface area contributed by atoms with Crippen LogP contribution in [0.2, 0.25) is 0 Å². The summed E-state index contributed by atoms with van der Waals surface area (Å²) in [5, 5.41) is 0. The van der Waals surface area contributed by atoms with Crippen LogP contribution in [-0.4, -0.2) is 49.7 Å². The third kappa shape index (κ3) is 5.00. The van der Waals surface area contributed by atoms with Crippen molar-refractivity contribution < 1.29 is 23.8 Å². The van der Waals surface area contributed by atoms with Gasteiger partial charge >= 0.3 is 5.97 Å². The van der Waals surface area contributed by atoms with E-state index in [9.17, 15) is 9.59 Å². The molecule has 26 heavy (non-hydrogen) atoms. The number of piperidine rings is 1. The first-order valence-electron chi connectivity index (χ1n) is 9.14. The van der Waals surface area contributed by atoms with E-state index in [0.717, 1.165) is 37.9 Å². The summed E-state index contributed by atoms with van der Waals surface area (Å²) in [6, 6.07) is 5.50. The van der Waals surface area contributed by atoms with E-state index in [1.165, 1.54) is 6.08 Å². The minimum Gasteiger partial charge on any atom is -0.490 e. The minimum atomic E-state index is -0.532. The molecule has 0 bridgehead atoms. The first-order chi connectivity index (χ1) is 12.6. The second kappa shape index (κ2) is 8.74. The summed E-state index contributed by atoms with van der Waals surface area (Å²) in [7, 11) is 0. The fourth-order valence-electron chi connectivity index (χ4n) is 3.14. The van der Waals surface area contributed by atoms with Gasteiger partial charge in [-0.25, -0.2) is 4.79 Å². The number of hydrogen-bond donors (Lipinski definition) is 0. The van der Waals surface area contributed by atoms with E-state index in [1.54, 1.807) is 11.0 Å². The highest BCUT2D eigenvalue weighted by Crippen LogP contribution is 2.30. The van der Waals surface area contributed by atoms with Gasteiger partial charge in [-0.15, -0.1) is 0 Å². The van der Waals surface area contributed by atoms with Crippen molar-refractivity contribution in [1.82, 2.24) is 4.90 Å². The van der Waals surface area contributed by atoms with Gasteiger partial charge in [0.1, 0.15) is 0 Å². The molecule has 0 radical (unpaired) electrons. The fourth-order valence-corrected chi connectivity index (χ4v) is 3.14. The molecule has 1 aromatic carbocycles. The molecule has 0 aromatic heterocycles. The summed E-state index contributed by atoms with van der Waals surface area (Å²) in [5.41, 5.74) is 0.808. The fraction of sp³-hybridized carbons (Fsp3) is 0.500. The predicted octanol–water partition coefficient (Wildman–Crippen LogP) is 2.66. The number of carbonyl (C=O) groups is 2. The van der Waals surface area contributed by atoms with Crippen LogP contribution in [0.4, 0.5) is 0 Å². The molecular weight excluding hydrogens is 334 g/mol. The number of carbonyl (C=O) groups excluding carboxylic acids is 2. The summed E-state index contributed by atoms with van der Waals surface area (Å²) in [4.78, 5) is 25.8. The van der Waals surface area contributed by atoms with E-state index in [1.807, 2.05) is 18.2 Å². The van der Waals surface area contributed by atoms with Gasteiger partial charge in [-0.2, -0.15) is 0 Å². The van der Waals surface area contributed by atoms with Gasteiger partial charge in [0.2, 0.25) is 0 Å². The van der Waals surface area contributed by atoms with Gasteiger partial charge in [-0.05, 0) is 42.5 Å². The smallest absolute Gasteiger partial charge is 0.331 e. The Labute approximate surface area is 153 Å². The van der Waals surface area contributed by atoms with Crippen LogP contribution in [-0.2, 0) is 14.3 Å². The summed E-state index contributed by atoms with van der Waals surface area (Å²) in [5.74, 6) is 1.23. The number of esters is 1. The van der Waals surface area contributed by atoms with Crippen molar-refractivity contribution >= 4 is 18.0 Å². The molecule has 0 aliphatic carbocycles. The van der Waals surface area contributed by atoms with Gasteiger partial charge < -0.3 is 19.1 Å². The molecule has 0 N–H and O–H groups in total. The van der Waals surface area contributed by atoms with Crippen LogP contribution in [0, 0.1) is 5.92 Å². The third-order valence-corrected chi connectivity index (χ3v) is 4.53. The first-order valence-corrected chi connectivity index (χ1v) is 9.14. The van der Waals surface area contributed by atoms with Crippen molar-refractivity contribution in [2.75, 3.05) is 32.9 Å². The number of nitrogens with zero attached hydrogens (tertiary/aromatic N) is 1. The average Bonchev–Trinajstić information content (AvgIpc) is 2.89. The molecule has 1 aromatic rings. The molecule has 1 fully saturated rings. The number of hydrogen-bond acceptors (Lipinski definition) is 5. The van der Waals surface area contributed by atoms with Crippen molar-refractivity contribution in [1.29, 1.82) is 0 Å². The zero-order valence-corrected chi connectivity index (χ0v) is 15.1. The van der Waals surface area contributed by atoms with E-state index in [-0.39, 0.29) is 12.5 Å².